The first-order valence-electron chi connectivity index (χ1n) is 6.60. The molecular formula is C13H27NOS. The van der Waals surface area contributed by atoms with Gasteiger partial charge < -0.3 is 5.32 Å². The van der Waals surface area contributed by atoms with E-state index in [9.17, 15) is 4.21 Å². The Balaban J connectivity index is 2.46. The molecule has 3 atom stereocenters. The van der Waals surface area contributed by atoms with E-state index in [1.165, 1.54) is 25.7 Å². The van der Waals surface area contributed by atoms with E-state index < -0.39 is 10.8 Å². The Kier molecular flexibility index (Phi) is 5.98. The predicted octanol–water partition coefficient (Wildman–Crippen LogP) is 2.56. The molecule has 1 aliphatic carbocycles. The zero-order chi connectivity index (χ0) is 12.1. The number of nitrogens with one attached hydrogen (secondary N) is 1. The van der Waals surface area contributed by atoms with Crippen LogP contribution in [0.4, 0.5) is 0 Å². The van der Waals surface area contributed by atoms with Crippen molar-refractivity contribution in [2.75, 3.05) is 12.8 Å². The molecule has 0 heterocycles. The van der Waals surface area contributed by atoms with E-state index in [0.29, 0.717) is 17.2 Å². The highest BCUT2D eigenvalue weighted by molar-refractivity contribution is 7.85. The first kappa shape index (κ1) is 14.2. The van der Waals surface area contributed by atoms with Gasteiger partial charge in [-0.2, -0.15) is 0 Å². The highest BCUT2D eigenvalue weighted by Crippen LogP contribution is 2.28. The van der Waals surface area contributed by atoms with Crippen LogP contribution in [0.5, 0.6) is 0 Å². The summed E-state index contributed by atoms with van der Waals surface area (Å²) >= 11 is 0. The van der Waals surface area contributed by atoms with Crippen molar-refractivity contribution in [3.05, 3.63) is 0 Å². The maximum atomic E-state index is 12.2. The monoisotopic (exact) mass is 245 g/mol. The van der Waals surface area contributed by atoms with Gasteiger partial charge in [0.1, 0.15) is 0 Å². The summed E-state index contributed by atoms with van der Waals surface area (Å²) in [5, 5.41) is 3.69. The second kappa shape index (κ2) is 6.75. The van der Waals surface area contributed by atoms with Crippen LogP contribution < -0.4 is 5.32 Å². The van der Waals surface area contributed by atoms with Crippen LogP contribution in [0.1, 0.15) is 46.5 Å². The van der Waals surface area contributed by atoms with Gasteiger partial charge in [-0.1, -0.05) is 33.6 Å². The van der Waals surface area contributed by atoms with Crippen molar-refractivity contribution in [3.8, 4) is 0 Å². The normalized spacial score (nSPS) is 23.6. The SMILES string of the molecule is CNC(CS(=O)C(C)C(C)C)C1CCCC1. The summed E-state index contributed by atoms with van der Waals surface area (Å²) in [5.41, 5.74) is 0. The third-order valence-electron chi connectivity index (χ3n) is 4.04. The molecule has 0 aromatic rings. The molecule has 0 spiro atoms. The Hall–Kier alpha value is 0.110. The largest absolute Gasteiger partial charge is 0.316 e. The van der Waals surface area contributed by atoms with Gasteiger partial charge in [0.25, 0.3) is 0 Å². The number of hydrogen-bond donors (Lipinski definition) is 1. The zero-order valence-corrected chi connectivity index (χ0v) is 12.0. The fourth-order valence-electron chi connectivity index (χ4n) is 2.45. The molecule has 1 fully saturated rings. The zero-order valence-electron chi connectivity index (χ0n) is 11.2. The minimum atomic E-state index is -0.683. The van der Waals surface area contributed by atoms with E-state index in [1.54, 1.807) is 0 Å². The molecule has 3 unspecified atom stereocenters. The van der Waals surface area contributed by atoms with E-state index in [4.69, 9.17) is 0 Å². The Bertz CT molecular complexity index is 224. The predicted molar refractivity (Wildman–Crippen MR) is 72.1 cm³/mol. The van der Waals surface area contributed by atoms with Crippen molar-refractivity contribution < 1.29 is 4.21 Å². The van der Waals surface area contributed by atoms with Crippen LogP contribution in [0.3, 0.4) is 0 Å². The molecular weight excluding hydrogens is 218 g/mol. The summed E-state index contributed by atoms with van der Waals surface area (Å²) in [4.78, 5) is 0. The molecule has 96 valence electrons. The lowest BCUT2D eigenvalue weighted by Crippen LogP contribution is -2.39. The fraction of sp³-hybridized carbons (Fsp3) is 1.00. The molecule has 0 radical (unpaired) electrons. The van der Waals surface area contributed by atoms with Gasteiger partial charge in [-0.3, -0.25) is 4.21 Å². The van der Waals surface area contributed by atoms with Crippen LogP contribution in [-0.2, 0) is 10.8 Å². The third-order valence-corrected chi connectivity index (χ3v) is 6.10. The van der Waals surface area contributed by atoms with Crippen LogP contribution in [-0.4, -0.2) is 28.3 Å². The summed E-state index contributed by atoms with van der Waals surface area (Å²) in [7, 11) is 1.33. The van der Waals surface area contributed by atoms with Gasteiger partial charge in [0.2, 0.25) is 0 Å². The van der Waals surface area contributed by atoms with E-state index in [0.717, 1.165) is 11.7 Å². The molecule has 0 bridgehead atoms. The highest BCUT2D eigenvalue weighted by Gasteiger charge is 2.27. The third kappa shape index (κ3) is 3.85. The van der Waals surface area contributed by atoms with Gasteiger partial charge >= 0.3 is 0 Å². The summed E-state index contributed by atoms with van der Waals surface area (Å²) in [5.74, 6) is 2.11. The van der Waals surface area contributed by atoms with Crippen molar-refractivity contribution in [2.45, 2.75) is 57.7 Å². The molecule has 1 rings (SSSR count). The summed E-state index contributed by atoms with van der Waals surface area (Å²) in [6, 6.07) is 0.463. The Morgan fingerprint density at radius 3 is 2.25 bits per heavy atom. The maximum absolute atomic E-state index is 12.2. The molecule has 0 aliphatic heterocycles. The molecule has 0 amide bonds. The van der Waals surface area contributed by atoms with Crippen LogP contribution in [0.2, 0.25) is 0 Å². The Morgan fingerprint density at radius 2 is 1.81 bits per heavy atom. The standard InChI is InChI=1S/C13H27NOS/c1-10(2)11(3)16(15)9-13(14-4)12-7-5-6-8-12/h10-14H,5-9H2,1-4H3. The van der Waals surface area contributed by atoms with Crippen LogP contribution >= 0.6 is 0 Å². The molecule has 16 heavy (non-hydrogen) atoms. The van der Waals surface area contributed by atoms with Crippen LogP contribution in [0.25, 0.3) is 0 Å². The van der Waals surface area contributed by atoms with E-state index in [-0.39, 0.29) is 0 Å². The highest BCUT2D eigenvalue weighted by atomic mass is 32.2. The van der Waals surface area contributed by atoms with Crippen molar-refractivity contribution >= 4 is 10.8 Å². The van der Waals surface area contributed by atoms with Crippen molar-refractivity contribution in [1.82, 2.24) is 5.32 Å². The lowest BCUT2D eigenvalue weighted by Gasteiger charge is -2.25. The Labute approximate surface area is 103 Å². The van der Waals surface area contributed by atoms with Gasteiger partial charge in [-0.05, 0) is 31.7 Å². The molecule has 0 saturated heterocycles. The number of hydrogen-bond acceptors (Lipinski definition) is 2. The van der Waals surface area contributed by atoms with Crippen molar-refractivity contribution in [1.29, 1.82) is 0 Å². The first-order chi connectivity index (χ1) is 7.56. The van der Waals surface area contributed by atoms with E-state index in [2.05, 4.69) is 26.1 Å². The van der Waals surface area contributed by atoms with Crippen LogP contribution in [0, 0.1) is 11.8 Å². The maximum Gasteiger partial charge on any atom is 0.0394 e. The Morgan fingerprint density at radius 1 is 1.25 bits per heavy atom. The van der Waals surface area contributed by atoms with Crippen LogP contribution in [0.15, 0.2) is 0 Å². The summed E-state index contributed by atoms with van der Waals surface area (Å²) in [6.07, 6.45) is 5.35. The van der Waals surface area contributed by atoms with Gasteiger partial charge in [0, 0.05) is 27.8 Å². The molecule has 1 aliphatic rings. The van der Waals surface area contributed by atoms with Gasteiger partial charge in [0.05, 0.1) is 0 Å². The van der Waals surface area contributed by atoms with E-state index in [1.807, 2.05) is 7.05 Å². The smallest absolute Gasteiger partial charge is 0.0394 e. The molecule has 3 heteroatoms. The average Bonchev–Trinajstić information content (AvgIpc) is 2.77. The van der Waals surface area contributed by atoms with Crippen molar-refractivity contribution in [2.24, 2.45) is 11.8 Å². The second-order valence-electron chi connectivity index (χ2n) is 5.44. The van der Waals surface area contributed by atoms with Crippen molar-refractivity contribution in [3.63, 3.8) is 0 Å². The lowest BCUT2D eigenvalue weighted by atomic mass is 10.0. The summed E-state index contributed by atoms with van der Waals surface area (Å²) in [6.45, 7) is 6.43. The first-order valence-corrected chi connectivity index (χ1v) is 7.99. The molecule has 1 N–H and O–H groups in total. The van der Waals surface area contributed by atoms with Gasteiger partial charge in [-0.25, -0.2) is 0 Å². The fourth-order valence-corrected chi connectivity index (χ4v) is 4.15. The quantitative estimate of drug-likeness (QED) is 0.779. The average molecular weight is 245 g/mol. The van der Waals surface area contributed by atoms with Gasteiger partial charge in [0.15, 0.2) is 0 Å². The molecule has 2 nitrogen and oxygen atoms in total. The minimum Gasteiger partial charge on any atom is -0.316 e. The number of rotatable bonds is 6. The topological polar surface area (TPSA) is 29.1 Å². The summed E-state index contributed by atoms with van der Waals surface area (Å²) < 4.78 is 12.2. The molecule has 1 saturated carbocycles. The molecule has 0 aromatic carbocycles. The lowest BCUT2D eigenvalue weighted by molar-refractivity contribution is 0.406. The molecule has 0 aromatic heterocycles. The van der Waals surface area contributed by atoms with E-state index >= 15 is 0 Å². The van der Waals surface area contributed by atoms with Gasteiger partial charge in [-0.15, -0.1) is 0 Å². The minimum absolute atomic E-state index is 0.317. The second-order valence-corrected chi connectivity index (χ2v) is 7.27.